The average Bonchev–Trinajstić information content (AvgIpc) is 2.77. The molecule has 2 N–H and O–H groups in total. The van der Waals surface area contributed by atoms with Gasteiger partial charge in [0.25, 0.3) is 0 Å². The first-order valence-corrected chi connectivity index (χ1v) is 5.87. The van der Waals surface area contributed by atoms with Gasteiger partial charge < -0.3 is 10.5 Å². The van der Waals surface area contributed by atoms with Gasteiger partial charge in [-0.1, -0.05) is 30.3 Å². The number of hydrogen-bond donors (Lipinski definition) is 1. The van der Waals surface area contributed by atoms with E-state index < -0.39 is 0 Å². The number of hydrogen-bond acceptors (Lipinski definition) is 2. The highest BCUT2D eigenvalue weighted by molar-refractivity contribution is 5.82. The molecule has 1 aliphatic heterocycles. The van der Waals surface area contributed by atoms with E-state index in [9.17, 15) is 0 Å². The molecule has 0 aromatic heterocycles. The molecule has 0 atom stereocenters. The molecule has 0 fully saturated rings. The molecule has 17 heavy (non-hydrogen) atoms. The Bertz CT molecular complexity index is 575. The molecule has 3 rings (SSSR count). The van der Waals surface area contributed by atoms with E-state index in [4.69, 9.17) is 10.5 Å². The summed E-state index contributed by atoms with van der Waals surface area (Å²) in [5.74, 6) is 1.00. The molecule has 0 amide bonds. The highest BCUT2D eigenvalue weighted by Gasteiger charge is 2.17. The van der Waals surface area contributed by atoms with Gasteiger partial charge in [0.2, 0.25) is 0 Å². The van der Waals surface area contributed by atoms with Crippen LogP contribution in [0.15, 0.2) is 36.4 Å². The number of anilines is 1. The van der Waals surface area contributed by atoms with Crippen molar-refractivity contribution in [3.05, 3.63) is 47.5 Å². The summed E-state index contributed by atoms with van der Waals surface area (Å²) >= 11 is 0. The predicted molar refractivity (Wildman–Crippen MR) is 70.2 cm³/mol. The van der Waals surface area contributed by atoms with Crippen molar-refractivity contribution in [1.29, 1.82) is 0 Å². The second kappa shape index (κ2) is 3.81. The molecule has 2 aromatic rings. The molecule has 86 valence electrons. The second-order valence-electron chi connectivity index (χ2n) is 4.48. The number of benzene rings is 2. The summed E-state index contributed by atoms with van der Waals surface area (Å²) in [7, 11) is 0. The fourth-order valence-corrected chi connectivity index (χ4v) is 2.35. The van der Waals surface area contributed by atoms with E-state index >= 15 is 0 Å². The lowest BCUT2D eigenvalue weighted by molar-refractivity contribution is 0.358. The van der Waals surface area contributed by atoms with E-state index in [1.54, 1.807) is 0 Å². The zero-order valence-electron chi connectivity index (χ0n) is 9.86. The van der Waals surface area contributed by atoms with Gasteiger partial charge in [0.15, 0.2) is 0 Å². The molecule has 0 spiro atoms. The summed E-state index contributed by atoms with van der Waals surface area (Å²) in [5, 5.41) is 0. The molecule has 2 heteroatoms. The minimum Gasteiger partial charge on any atom is -0.492 e. The van der Waals surface area contributed by atoms with Crippen LogP contribution in [0.3, 0.4) is 0 Å². The molecule has 1 aliphatic rings. The maximum Gasteiger partial charge on any atom is 0.130 e. The third-order valence-corrected chi connectivity index (χ3v) is 3.21. The Morgan fingerprint density at radius 1 is 1.12 bits per heavy atom. The number of fused-ring (bicyclic) bond motifs is 1. The number of ether oxygens (including phenoxy) is 1. The highest BCUT2D eigenvalue weighted by atomic mass is 16.5. The van der Waals surface area contributed by atoms with E-state index in [0.29, 0.717) is 0 Å². The molecule has 0 saturated carbocycles. The molecular formula is C15H15NO. The molecular weight excluding hydrogens is 210 g/mol. The number of para-hydroxylation sites is 1. The lowest BCUT2D eigenvalue weighted by Crippen LogP contribution is -1.93. The summed E-state index contributed by atoms with van der Waals surface area (Å²) in [6.07, 6.45) is 0.995. The summed E-state index contributed by atoms with van der Waals surface area (Å²) in [6, 6.07) is 12.4. The number of nitrogen functional groups attached to an aromatic ring is 1. The van der Waals surface area contributed by atoms with E-state index in [1.165, 1.54) is 11.1 Å². The van der Waals surface area contributed by atoms with Gasteiger partial charge in [0.05, 0.1) is 6.61 Å². The summed E-state index contributed by atoms with van der Waals surface area (Å²) in [5.41, 5.74) is 11.5. The fraction of sp³-hybridized carbons (Fsp3) is 0.200. The third kappa shape index (κ3) is 1.66. The molecule has 0 unspecified atom stereocenters. The number of nitrogens with two attached hydrogens (primary N) is 1. The van der Waals surface area contributed by atoms with E-state index in [2.05, 4.69) is 30.3 Å². The van der Waals surface area contributed by atoms with Crippen LogP contribution in [-0.2, 0) is 6.42 Å². The van der Waals surface area contributed by atoms with Gasteiger partial charge >= 0.3 is 0 Å². The van der Waals surface area contributed by atoms with Gasteiger partial charge in [-0.2, -0.15) is 0 Å². The monoisotopic (exact) mass is 225 g/mol. The first kappa shape index (κ1) is 10.2. The SMILES string of the molecule is Cc1ccc(-c2cccc3c2OCC3)c(N)c1. The minimum atomic E-state index is 0.776. The molecule has 0 bridgehead atoms. The quantitative estimate of drug-likeness (QED) is 0.756. The van der Waals surface area contributed by atoms with E-state index in [1.807, 2.05) is 13.0 Å². The van der Waals surface area contributed by atoms with Gasteiger partial charge in [0.1, 0.15) is 5.75 Å². The maximum atomic E-state index is 6.09. The first-order valence-electron chi connectivity index (χ1n) is 5.87. The van der Waals surface area contributed by atoms with Crippen LogP contribution in [0.5, 0.6) is 5.75 Å². The predicted octanol–water partition coefficient (Wildman–Crippen LogP) is 3.18. The van der Waals surface area contributed by atoms with Gasteiger partial charge in [0, 0.05) is 23.2 Å². The number of aryl methyl sites for hydroxylation is 1. The lowest BCUT2D eigenvalue weighted by atomic mass is 9.99. The fourth-order valence-electron chi connectivity index (χ4n) is 2.35. The molecule has 2 aromatic carbocycles. The van der Waals surface area contributed by atoms with Crippen molar-refractivity contribution in [3.63, 3.8) is 0 Å². The minimum absolute atomic E-state index is 0.776. The summed E-state index contributed by atoms with van der Waals surface area (Å²) in [4.78, 5) is 0. The van der Waals surface area contributed by atoms with Crippen LogP contribution in [0.2, 0.25) is 0 Å². The summed E-state index contributed by atoms with van der Waals surface area (Å²) in [6.45, 7) is 2.82. The van der Waals surface area contributed by atoms with Crippen molar-refractivity contribution in [2.24, 2.45) is 0 Å². The largest absolute Gasteiger partial charge is 0.492 e. The van der Waals surface area contributed by atoms with Gasteiger partial charge in [-0.25, -0.2) is 0 Å². The molecule has 0 radical (unpaired) electrons. The van der Waals surface area contributed by atoms with Gasteiger partial charge in [-0.15, -0.1) is 0 Å². The standard InChI is InChI=1S/C15H15NO/c1-10-5-6-12(14(16)9-10)13-4-2-3-11-7-8-17-15(11)13/h2-6,9H,7-8,16H2,1H3. The second-order valence-corrected chi connectivity index (χ2v) is 4.48. The Balaban J connectivity index is 2.19. The smallest absolute Gasteiger partial charge is 0.130 e. The molecule has 0 saturated heterocycles. The summed E-state index contributed by atoms with van der Waals surface area (Å²) < 4.78 is 5.71. The first-order chi connectivity index (χ1) is 8.25. The van der Waals surface area contributed by atoms with E-state index in [0.717, 1.165) is 35.6 Å². The maximum absolute atomic E-state index is 6.09. The van der Waals surface area contributed by atoms with Crippen LogP contribution < -0.4 is 10.5 Å². The lowest BCUT2D eigenvalue weighted by Gasteiger charge is -2.11. The van der Waals surface area contributed by atoms with Gasteiger partial charge in [-0.05, 0) is 24.1 Å². The topological polar surface area (TPSA) is 35.2 Å². The Morgan fingerprint density at radius 3 is 2.82 bits per heavy atom. The normalized spacial score (nSPS) is 13.2. The van der Waals surface area contributed by atoms with Crippen molar-refractivity contribution in [2.45, 2.75) is 13.3 Å². The molecule has 0 aliphatic carbocycles. The van der Waals surface area contributed by atoms with Crippen LogP contribution in [0.4, 0.5) is 5.69 Å². The van der Waals surface area contributed by atoms with Crippen LogP contribution in [0.1, 0.15) is 11.1 Å². The Morgan fingerprint density at radius 2 is 2.00 bits per heavy atom. The van der Waals surface area contributed by atoms with Crippen molar-refractivity contribution in [1.82, 2.24) is 0 Å². The van der Waals surface area contributed by atoms with Crippen LogP contribution in [0.25, 0.3) is 11.1 Å². The zero-order valence-corrected chi connectivity index (χ0v) is 9.86. The van der Waals surface area contributed by atoms with Crippen molar-refractivity contribution >= 4 is 5.69 Å². The van der Waals surface area contributed by atoms with Crippen LogP contribution in [0, 0.1) is 6.92 Å². The zero-order chi connectivity index (χ0) is 11.8. The van der Waals surface area contributed by atoms with E-state index in [-0.39, 0.29) is 0 Å². The highest BCUT2D eigenvalue weighted by Crippen LogP contribution is 2.39. The Kier molecular flexibility index (Phi) is 2.29. The average molecular weight is 225 g/mol. The van der Waals surface area contributed by atoms with Gasteiger partial charge in [-0.3, -0.25) is 0 Å². The van der Waals surface area contributed by atoms with Crippen molar-refractivity contribution in [3.8, 4) is 16.9 Å². The molecule has 2 nitrogen and oxygen atoms in total. The van der Waals surface area contributed by atoms with Crippen molar-refractivity contribution < 1.29 is 4.74 Å². The van der Waals surface area contributed by atoms with Crippen molar-refractivity contribution in [2.75, 3.05) is 12.3 Å². The number of rotatable bonds is 1. The van der Waals surface area contributed by atoms with Crippen LogP contribution in [-0.4, -0.2) is 6.61 Å². The third-order valence-electron chi connectivity index (χ3n) is 3.21. The molecule has 1 heterocycles. The van der Waals surface area contributed by atoms with Crippen LogP contribution >= 0.6 is 0 Å². The Hall–Kier alpha value is -1.96. The Labute approximate surface area is 101 Å².